The lowest BCUT2D eigenvalue weighted by atomic mass is 10.0. The van der Waals surface area contributed by atoms with E-state index in [9.17, 15) is 14.7 Å². The molecule has 0 saturated carbocycles. The van der Waals surface area contributed by atoms with E-state index < -0.39 is 11.5 Å². The predicted octanol–water partition coefficient (Wildman–Crippen LogP) is 1.44. The Morgan fingerprint density at radius 3 is 2.61 bits per heavy atom. The number of rotatable bonds is 2. The molecule has 5 heteroatoms. The van der Waals surface area contributed by atoms with E-state index in [-0.39, 0.29) is 5.56 Å². The Labute approximate surface area is 103 Å². The highest BCUT2D eigenvalue weighted by Crippen LogP contribution is 2.30. The summed E-state index contributed by atoms with van der Waals surface area (Å²) in [6.07, 6.45) is 1.03. The Morgan fingerprint density at radius 1 is 1.28 bits per heavy atom. The molecule has 2 aromatic rings. The number of pyridine rings is 1. The van der Waals surface area contributed by atoms with Gasteiger partial charge < -0.3 is 15.0 Å². The predicted molar refractivity (Wildman–Crippen MR) is 68.4 cm³/mol. The van der Waals surface area contributed by atoms with Gasteiger partial charge in [-0.25, -0.2) is 4.79 Å². The number of aromatic carboxylic acids is 1. The van der Waals surface area contributed by atoms with Crippen molar-refractivity contribution < 1.29 is 9.90 Å². The summed E-state index contributed by atoms with van der Waals surface area (Å²) in [5.41, 5.74) is 0.527. The van der Waals surface area contributed by atoms with Crippen molar-refractivity contribution >= 4 is 22.6 Å². The van der Waals surface area contributed by atoms with Gasteiger partial charge in [-0.3, -0.25) is 4.79 Å². The zero-order valence-electron chi connectivity index (χ0n) is 9.64. The molecular weight excluding hydrogens is 232 g/mol. The van der Waals surface area contributed by atoms with E-state index >= 15 is 0 Å². The molecule has 0 bridgehead atoms. The second kappa shape index (κ2) is 3.87. The van der Waals surface area contributed by atoms with Gasteiger partial charge in [-0.15, -0.1) is 0 Å². The zero-order chi connectivity index (χ0) is 12.7. The third-order valence-electron chi connectivity index (χ3n) is 3.28. The third kappa shape index (κ3) is 1.48. The first kappa shape index (κ1) is 10.8. The number of aromatic amines is 1. The van der Waals surface area contributed by atoms with Crippen LogP contribution in [0.3, 0.4) is 0 Å². The molecule has 18 heavy (non-hydrogen) atoms. The van der Waals surface area contributed by atoms with Gasteiger partial charge in [0.25, 0.3) is 5.56 Å². The minimum Gasteiger partial charge on any atom is -0.477 e. The number of hydrogen-bond acceptors (Lipinski definition) is 3. The fraction of sp³-hybridized carbons (Fsp3) is 0.231. The molecule has 1 fully saturated rings. The van der Waals surface area contributed by atoms with E-state index in [1.165, 1.54) is 0 Å². The van der Waals surface area contributed by atoms with Crippen LogP contribution in [0.1, 0.15) is 16.8 Å². The van der Waals surface area contributed by atoms with Gasteiger partial charge in [0.05, 0.1) is 11.2 Å². The Bertz CT molecular complexity index is 686. The fourth-order valence-electron chi connectivity index (χ4n) is 2.29. The van der Waals surface area contributed by atoms with Gasteiger partial charge in [0, 0.05) is 18.5 Å². The van der Waals surface area contributed by atoms with Crippen molar-refractivity contribution in [3.05, 3.63) is 40.2 Å². The van der Waals surface area contributed by atoms with Crippen LogP contribution in [-0.2, 0) is 0 Å². The van der Waals surface area contributed by atoms with Crippen molar-refractivity contribution in [2.45, 2.75) is 6.42 Å². The molecule has 1 aliphatic rings. The van der Waals surface area contributed by atoms with Crippen LogP contribution >= 0.6 is 0 Å². The standard InChI is InChI=1S/C13H12N2O3/c16-12-10(13(17)18)11(15-6-3-7-15)8-4-1-2-5-9(8)14-12/h1-2,4-5H,3,6-7H2,(H,14,16)(H,17,18). The average molecular weight is 244 g/mol. The van der Waals surface area contributed by atoms with Crippen LogP contribution in [-0.4, -0.2) is 29.1 Å². The van der Waals surface area contributed by atoms with E-state index in [0.717, 1.165) is 24.9 Å². The molecule has 0 spiro atoms. The minimum atomic E-state index is -1.18. The molecule has 0 amide bonds. The van der Waals surface area contributed by atoms with Crippen LogP contribution in [0.5, 0.6) is 0 Å². The zero-order valence-corrected chi connectivity index (χ0v) is 9.64. The topological polar surface area (TPSA) is 73.4 Å². The molecule has 5 nitrogen and oxygen atoms in total. The first-order valence-corrected chi connectivity index (χ1v) is 5.82. The van der Waals surface area contributed by atoms with Crippen LogP contribution < -0.4 is 10.5 Å². The Hall–Kier alpha value is -2.30. The van der Waals surface area contributed by atoms with Gasteiger partial charge >= 0.3 is 5.97 Å². The number of hydrogen-bond donors (Lipinski definition) is 2. The second-order valence-electron chi connectivity index (χ2n) is 4.37. The van der Waals surface area contributed by atoms with Crippen molar-refractivity contribution in [3.8, 4) is 0 Å². The number of carbonyl (C=O) groups is 1. The van der Waals surface area contributed by atoms with E-state index in [1.54, 1.807) is 6.07 Å². The van der Waals surface area contributed by atoms with Gasteiger partial charge in [-0.1, -0.05) is 18.2 Å². The summed E-state index contributed by atoms with van der Waals surface area (Å²) in [5, 5.41) is 10.0. The normalized spacial score (nSPS) is 14.6. The van der Waals surface area contributed by atoms with Crippen LogP contribution in [0.15, 0.2) is 29.1 Å². The van der Waals surface area contributed by atoms with E-state index in [2.05, 4.69) is 4.98 Å². The number of carboxylic acid groups (broad SMARTS) is 1. The van der Waals surface area contributed by atoms with Gasteiger partial charge in [0.1, 0.15) is 5.56 Å². The van der Waals surface area contributed by atoms with Crippen molar-refractivity contribution in [2.75, 3.05) is 18.0 Å². The largest absolute Gasteiger partial charge is 0.477 e. The SMILES string of the molecule is O=C(O)c1c(N2CCC2)c2ccccc2[nH]c1=O. The number of benzene rings is 1. The molecule has 0 radical (unpaired) electrons. The molecule has 1 aromatic heterocycles. The lowest BCUT2D eigenvalue weighted by Crippen LogP contribution is -2.39. The maximum atomic E-state index is 11.9. The van der Waals surface area contributed by atoms with Crippen molar-refractivity contribution in [3.63, 3.8) is 0 Å². The van der Waals surface area contributed by atoms with Crippen LogP contribution in [0.25, 0.3) is 10.9 Å². The van der Waals surface area contributed by atoms with Crippen molar-refractivity contribution in [2.24, 2.45) is 0 Å². The highest BCUT2D eigenvalue weighted by Gasteiger charge is 2.26. The van der Waals surface area contributed by atoms with Gasteiger partial charge in [-0.2, -0.15) is 0 Å². The maximum absolute atomic E-state index is 11.9. The number of aromatic nitrogens is 1. The molecule has 3 rings (SSSR count). The summed E-state index contributed by atoms with van der Waals surface area (Å²) in [6.45, 7) is 1.60. The van der Waals surface area contributed by atoms with Crippen LogP contribution in [0.4, 0.5) is 5.69 Å². The van der Waals surface area contributed by atoms with E-state index in [4.69, 9.17) is 0 Å². The molecule has 2 N–H and O–H groups in total. The molecular formula is C13H12N2O3. The lowest BCUT2D eigenvalue weighted by molar-refractivity contribution is 0.0695. The molecule has 2 heterocycles. The number of fused-ring (bicyclic) bond motifs is 1. The van der Waals surface area contributed by atoms with Gasteiger partial charge in [0.15, 0.2) is 0 Å². The number of anilines is 1. The van der Waals surface area contributed by atoms with Gasteiger partial charge in [-0.05, 0) is 12.5 Å². The molecule has 0 aliphatic carbocycles. The Morgan fingerprint density at radius 2 is 2.00 bits per heavy atom. The Balaban J connectivity index is 2.40. The summed E-state index contributed by atoms with van der Waals surface area (Å²) in [6, 6.07) is 7.28. The molecule has 92 valence electrons. The van der Waals surface area contributed by atoms with E-state index in [0.29, 0.717) is 11.2 Å². The lowest BCUT2D eigenvalue weighted by Gasteiger charge is -2.34. The van der Waals surface area contributed by atoms with Crippen molar-refractivity contribution in [1.29, 1.82) is 0 Å². The number of nitrogens with one attached hydrogen (secondary N) is 1. The first-order valence-electron chi connectivity index (χ1n) is 5.82. The fourth-order valence-corrected chi connectivity index (χ4v) is 2.29. The summed E-state index contributed by atoms with van der Waals surface area (Å²) >= 11 is 0. The molecule has 1 aliphatic heterocycles. The van der Waals surface area contributed by atoms with E-state index in [1.807, 2.05) is 23.1 Å². The molecule has 1 aromatic carbocycles. The quantitative estimate of drug-likeness (QED) is 0.838. The number of H-pyrrole nitrogens is 1. The molecule has 0 unspecified atom stereocenters. The molecule has 1 saturated heterocycles. The van der Waals surface area contributed by atoms with Crippen molar-refractivity contribution in [1.82, 2.24) is 4.98 Å². The first-order chi connectivity index (χ1) is 8.68. The highest BCUT2D eigenvalue weighted by molar-refractivity contribution is 6.04. The maximum Gasteiger partial charge on any atom is 0.343 e. The minimum absolute atomic E-state index is 0.159. The number of nitrogens with zero attached hydrogens (tertiary/aromatic N) is 1. The van der Waals surface area contributed by atoms with Crippen LogP contribution in [0, 0.1) is 0 Å². The number of para-hydroxylation sites is 1. The number of carboxylic acids is 1. The molecule has 0 atom stereocenters. The summed E-state index contributed by atoms with van der Waals surface area (Å²) < 4.78 is 0. The van der Waals surface area contributed by atoms with Gasteiger partial charge in [0.2, 0.25) is 0 Å². The highest BCUT2D eigenvalue weighted by atomic mass is 16.4. The summed E-state index contributed by atoms with van der Waals surface area (Å²) in [7, 11) is 0. The summed E-state index contributed by atoms with van der Waals surface area (Å²) in [4.78, 5) is 27.7. The smallest absolute Gasteiger partial charge is 0.343 e. The average Bonchev–Trinajstić information content (AvgIpc) is 2.25. The Kier molecular flexibility index (Phi) is 2.33. The summed E-state index contributed by atoms with van der Waals surface area (Å²) in [5.74, 6) is -1.18. The monoisotopic (exact) mass is 244 g/mol. The van der Waals surface area contributed by atoms with Crippen LogP contribution in [0.2, 0.25) is 0 Å². The third-order valence-corrected chi connectivity index (χ3v) is 3.28. The second-order valence-corrected chi connectivity index (χ2v) is 4.37.